The van der Waals surface area contributed by atoms with Gasteiger partial charge in [-0.2, -0.15) is 0 Å². The molecule has 3 aromatic rings. The fraction of sp³-hybridized carbons (Fsp3) is 0.111. The molecule has 0 atom stereocenters. The number of urea groups is 1. The maximum Gasteiger partial charge on any atom is 0.335 e. The van der Waals surface area contributed by atoms with Crippen molar-refractivity contribution < 1.29 is 33.8 Å². The van der Waals surface area contributed by atoms with Gasteiger partial charge in [-0.3, -0.25) is 14.9 Å². The number of anilines is 1. The van der Waals surface area contributed by atoms with Crippen molar-refractivity contribution in [1.82, 2.24) is 5.32 Å². The molecule has 9 heteroatoms. The van der Waals surface area contributed by atoms with Crippen LogP contribution in [0.5, 0.6) is 11.5 Å². The summed E-state index contributed by atoms with van der Waals surface area (Å²) in [5.41, 5.74) is 2.28. The number of carboxylic acid groups (broad SMARTS) is 1. The molecule has 0 spiro atoms. The number of nitrogens with one attached hydrogen (secondary N) is 1. The van der Waals surface area contributed by atoms with Crippen LogP contribution in [-0.4, -0.2) is 36.0 Å². The molecule has 0 bridgehead atoms. The first-order chi connectivity index (χ1) is 17.3. The van der Waals surface area contributed by atoms with Gasteiger partial charge in [-0.25, -0.2) is 14.5 Å². The normalized spacial score (nSPS) is 14.6. The first kappa shape index (κ1) is 24.2. The minimum Gasteiger partial charge on any atom is -0.493 e. The number of benzene rings is 3. The fourth-order valence-corrected chi connectivity index (χ4v) is 3.67. The summed E-state index contributed by atoms with van der Waals surface area (Å²) in [7, 11) is 1.45. The van der Waals surface area contributed by atoms with Crippen LogP contribution >= 0.6 is 0 Å². The molecule has 1 heterocycles. The molecule has 4 rings (SSSR count). The highest BCUT2D eigenvalue weighted by Gasteiger charge is 2.36. The average Bonchev–Trinajstić information content (AvgIpc) is 2.85. The number of amides is 4. The predicted molar refractivity (Wildman–Crippen MR) is 131 cm³/mol. The van der Waals surface area contributed by atoms with Gasteiger partial charge in [0.1, 0.15) is 12.2 Å². The summed E-state index contributed by atoms with van der Waals surface area (Å²) in [6.07, 6.45) is 1.37. The third-order valence-electron chi connectivity index (χ3n) is 5.43. The molecule has 3 aromatic carbocycles. The van der Waals surface area contributed by atoms with E-state index in [1.54, 1.807) is 48.5 Å². The third-order valence-corrected chi connectivity index (χ3v) is 5.43. The summed E-state index contributed by atoms with van der Waals surface area (Å²) in [5.74, 6) is -1.85. The van der Waals surface area contributed by atoms with E-state index in [0.29, 0.717) is 28.3 Å². The monoisotopic (exact) mass is 486 g/mol. The van der Waals surface area contributed by atoms with Gasteiger partial charge in [0.25, 0.3) is 11.8 Å². The molecule has 0 saturated carbocycles. The van der Waals surface area contributed by atoms with Crippen LogP contribution in [0, 0.1) is 6.92 Å². The van der Waals surface area contributed by atoms with Crippen LogP contribution in [0.1, 0.15) is 27.0 Å². The number of methoxy groups -OCH3 is 1. The van der Waals surface area contributed by atoms with E-state index in [0.717, 1.165) is 10.5 Å². The Labute approximate surface area is 206 Å². The lowest BCUT2D eigenvalue weighted by molar-refractivity contribution is -0.122. The largest absolute Gasteiger partial charge is 0.493 e. The number of carbonyl (C=O) groups is 4. The maximum absolute atomic E-state index is 13.1. The van der Waals surface area contributed by atoms with Crippen LogP contribution in [0.3, 0.4) is 0 Å². The molecular weight excluding hydrogens is 464 g/mol. The quantitative estimate of drug-likeness (QED) is 0.383. The minimum absolute atomic E-state index is 0.104. The Morgan fingerprint density at radius 3 is 2.50 bits per heavy atom. The Morgan fingerprint density at radius 2 is 1.78 bits per heavy atom. The van der Waals surface area contributed by atoms with Crippen LogP contribution in [0.4, 0.5) is 10.5 Å². The lowest BCUT2D eigenvalue weighted by Crippen LogP contribution is -2.54. The Bertz CT molecular complexity index is 1410. The maximum atomic E-state index is 13.1. The molecular formula is C27H22N2O7. The number of hydrogen-bond acceptors (Lipinski definition) is 6. The third kappa shape index (κ3) is 5.10. The lowest BCUT2D eigenvalue weighted by Gasteiger charge is -2.26. The van der Waals surface area contributed by atoms with Crippen molar-refractivity contribution >= 4 is 35.6 Å². The summed E-state index contributed by atoms with van der Waals surface area (Å²) in [4.78, 5) is 50.1. The van der Waals surface area contributed by atoms with Crippen molar-refractivity contribution in [2.45, 2.75) is 13.5 Å². The van der Waals surface area contributed by atoms with Crippen molar-refractivity contribution in [3.05, 3.63) is 94.6 Å². The predicted octanol–water partition coefficient (Wildman–Crippen LogP) is 3.95. The molecule has 0 unspecified atom stereocenters. The van der Waals surface area contributed by atoms with E-state index in [9.17, 15) is 19.2 Å². The number of carboxylic acids is 1. The SMILES string of the molecule is COc1cc(/C=C2\C(=O)NC(=O)N(c3cccc(C)c3)C2=O)ccc1OCc1cccc(C(=O)O)c1. The summed E-state index contributed by atoms with van der Waals surface area (Å²) in [6, 6.07) is 17.2. The molecule has 1 fully saturated rings. The van der Waals surface area contributed by atoms with E-state index < -0.39 is 23.8 Å². The van der Waals surface area contributed by atoms with Gasteiger partial charge in [0.05, 0.1) is 18.4 Å². The molecule has 0 aliphatic carbocycles. The minimum atomic E-state index is -1.03. The average molecular weight is 486 g/mol. The molecule has 182 valence electrons. The molecule has 0 aromatic heterocycles. The summed E-state index contributed by atoms with van der Waals surface area (Å²) in [6.45, 7) is 1.93. The number of hydrogen-bond donors (Lipinski definition) is 2. The second kappa shape index (κ2) is 10.1. The van der Waals surface area contributed by atoms with E-state index in [2.05, 4.69) is 5.32 Å². The number of aryl methyl sites for hydroxylation is 1. The molecule has 2 N–H and O–H groups in total. The fourth-order valence-electron chi connectivity index (χ4n) is 3.67. The Kier molecular flexibility index (Phi) is 6.82. The number of nitrogens with zero attached hydrogens (tertiary/aromatic N) is 1. The molecule has 36 heavy (non-hydrogen) atoms. The Hall–Kier alpha value is -4.92. The smallest absolute Gasteiger partial charge is 0.335 e. The zero-order valence-electron chi connectivity index (χ0n) is 19.5. The summed E-state index contributed by atoms with van der Waals surface area (Å²) >= 11 is 0. The molecule has 1 saturated heterocycles. The molecule has 1 aliphatic heterocycles. The standard InChI is InChI=1S/C27H22N2O7/c1-16-5-3-8-20(11-16)29-25(31)21(24(30)28-27(29)34)13-17-9-10-22(23(14-17)35-2)36-15-18-6-4-7-19(12-18)26(32)33/h3-14H,15H2,1-2H3,(H,32,33)(H,28,30,34)/b21-13+. The number of imide groups is 2. The molecule has 9 nitrogen and oxygen atoms in total. The Balaban J connectivity index is 1.58. The second-order valence-corrected chi connectivity index (χ2v) is 8.00. The first-order valence-electron chi connectivity index (χ1n) is 10.9. The van der Waals surface area contributed by atoms with Gasteiger partial charge < -0.3 is 14.6 Å². The van der Waals surface area contributed by atoms with Gasteiger partial charge >= 0.3 is 12.0 Å². The van der Waals surface area contributed by atoms with Gasteiger partial charge in [-0.05, 0) is 66.1 Å². The van der Waals surface area contributed by atoms with Crippen molar-refractivity contribution in [3.8, 4) is 11.5 Å². The number of aromatic carboxylic acids is 1. The van der Waals surface area contributed by atoms with Crippen LogP contribution < -0.4 is 19.7 Å². The van der Waals surface area contributed by atoms with E-state index in [1.165, 1.54) is 25.3 Å². The molecule has 4 amide bonds. The van der Waals surface area contributed by atoms with Crippen LogP contribution in [0.25, 0.3) is 6.08 Å². The Morgan fingerprint density at radius 1 is 1.00 bits per heavy atom. The van der Waals surface area contributed by atoms with Crippen molar-refractivity contribution in [3.63, 3.8) is 0 Å². The lowest BCUT2D eigenvalue weighted by atomic mass is 10.1. The van der Waals surface area contributed by atoms with Crippen LogP contribution in [0.2, 0.25) is 0 Å². The number of barbiturate groups is 1. The topological polar surface area (TPSA) is 122 Å². The first-order valence-corrected chi connectivity index (χ1v) is 10.9. The van der Waals surface area contributed by atoms with E-state index in [4.69, 9.17) is 14.6 Å². The number of ether oxygens (including phenoxy) is 2. The second-order valence-electron chi connectivity index (χ2n) is 8.00. The van der Waals surface area contributed by atoms with Gasteiger partial charge in [0, 0.05) is 0 Å². The van der Waals surface area contributed by atoms with Gasteiger partial charge in [0.15, 0.2) is 11.5 Å². The zero-order valence-corrected chi connectivity index (χ0v) is 19.5. The highest BCUT2D eigenvalue weighted by Crippen LogP contribution is 2.30. The highest BCUT2D eigenvalue weighted by molar-refractivity contribution is 6.39. The molecule has 0 radical (unpaired) electrons. The van der Waals surface area contributed by atoms with Gasteiger partial charge in [-0.15, -0.1) is 0 Å². The van der Waals surface area contributed by atoms with Crippen LogP contribution in [-0.2, 0) is 16.2 Å². The van der Waals surface area contributed by atoms with E-state index >= 15 is 0 Å². The molecule has 1 aliphatic rings. The van der Waals surface area contributed by atoms with E-state index in [1.807, 2.05) is 13.0 Å². The number of carbonyl (C=O) groups excluding carboxylic acids is 3. The van der Waals surface area contributed by atoms with Crippen LogP contribution in [0.15, 0.2) is 72.3 Å². The van der Waals surface area contributed by atoms with Crippen molar-refractivity contribution in [1.29, 1.82) is 0 Å². The number of rotatable bonds is 7. The summed E-state index contributed by atoms with van der Waals surface area (Å²) < 4.78 is 11.2. The van der Waals surface area contributed by atoms with Crippen molar-refractivity contribution in [2.24, 2.45) is 0 Å². The highest BCUT2D eigenvalue weighted by atomic mass is 16.5. The van der Waals surface area contributed by atoms with Gasteiger partial charge in [-0.1, -0.05) is 30.3 Å². The zero-order chi connectivity index (χ0) is 25.8. The summed E-state index contributed by atoms with van der Waals surface area (Å²) in [5, 5.41) is 11.3. The van der Waals surface area contributed by atoms with Crippen molar-refractivity contribution in [2.75, 3.05) is 12.0 Å². The van der Waals surface area contributed by atoms with E-state index in [-0.39, 0.29) is 17.7 Å². The van der Waals surface area contributed by atoms with Gasteiger partial charge in [0.2, 0.25) is 0 Å².